The second-order valence-electron chi connectivity index (χ2n) is 7.50. The van der Waals surface area contributed by atoms with Gasteiger partial charge in [0, 0.05) is 19.1 Å². The number of thiazole rings is 1. The Balaban J connectivity index is 0.000000795. The highest BCUT2D eigenvalue weighted by molar-refractivity contribution is 9.11. The molecule has 2 N–H and O–H groups in total. The fourth-order valence-electron chi connectivity index (χ4n) is 3.12. The molecule has 0 radical (unpaired) electrons. The topological polar surface area (TPSA) is 92.8 Å². The monoisotopic (exact) mass is 551 g/mol. The Morgan fingerprint density at radius 2 is 1.49 bits per heavy atom. The smallest absolute Gasteiger partial charge is 0.409 e. The molecule has 4 aromatic rings. The summed E-state index contributed by atoms with van der Waals surface area (Å²) < 4.78 is 2.97. The summed E-state index contributed by atoms with van der Waals surface area (Å²) in [6, 6.07) is 26.7. The zero-order chi connectivity index (χ0) is 25.0. The maximum atomic E-state index is 8.89. The lowest BCUT2D eigenvalue weighted by atomic mass is 10.1. The molecule has 0 atom stereocenters. The van der Waals surface area contributed by atoms with Crippen LogP contribution in [-0.4, -0.2) is 5.97 Å². The van der Waals surface area contributed by atoms with Crippen molar-refractivity contribution in [2.75, 3.05) is 10.6 Å². The summed E-state index contributed by atoms with van der Waals surface area (Å²) in [5, 5.41) is 25.9. The summed E-state index contributed by atoms with van der Waals surface area (Å²) in [7, 11) is 1.96. The Bertz CT molecular complexity index is 1260. The van der Waals surface area contributed by atoms with Gasteiger partial charge in [0.15, 0.2) is 0 Å². The third-order valence-electron chi connectivity index (χ3n) is 4.71. The first-order chi connectivity index (χ1) is 16.9. The van der Waals surface area contributed by atoms with E-state index in [0.29, 0.717) is 6.54 Å². The molecule has 35 heavy (non-hydrogen) atoms. The fourth-order valence-corrected chi connectivity index (χ4v) is 4.52. The molecule has 0 saturated heterocycles. The number of rotatable bonds is 8. The number of carbonyl (C=O) groups is 1. The molecule has 4 rings (SSSR count). The molecule has 9 heteroatoms. The molecule has 1 heterocycles. The minimum atomic E-state index is -1.08. The number of para-hydroxylation sites is 1. The van der Waals surface area contributed by atoms with Gasteiger partial charge in [-0.15, -0.1) is 0 Å². The van der Waals surface area contributed by atoms with Crippen molar-refractivity contribution in [1.82, 2.24) is 0 Å². The Kier molecular flexibility index (Phi) is 9.94. The van der Waals surface area contributed by atoms with E-state index in [9.17, 15) is 0 Å². The van der Waals surface area contributed by atoms with Gasteiger partial charge >= 0.3 is 5.13 Å². The van der Waals surface area contributed by atoms with Crippen LogP contribution in [0.4, 0.5) is 22.2 Å². The molecule has 0 saturated carbocycles. The first kappa shape index (κ1) is 26.1. The minimum Gasteiger partial charge on any atom is -0.550 e. The quantitative estimate of drug-likeness (QED) is 0.216. The summed E-state index contributed by atoms with van der Waals surface area (Å²) >= 11 is 5.05. The number of hydrogen-bond donors (Lipinski definition) is 2. The second kappa shape index (κ2) is 13.4. The molecular weight excluding hydrogens is 526 g/mol. The highest BCUT2D eigenvalue weighted by Gasteiger charge is 2.14. The van der Waals surface area contributed by atoms with E-state index in [0.717, 1.165) is 39.4 Å². The van der Waals surface area contributed by atoms with Gasteiger partial charge in [0.25, 0.3) is 0 Å². The van der Waals surface area contributed by atoms with Crippen molar-refractivity contribution in [1.29, 1.82) is 0 Å². The fraction of sp³-hybridized carbons (Fsp3) is 0.154. The lowest BCUT2D eigenvalue weighted by Crippen LogP contribution is -2.23. The average molecular weight is 552 g/mol. The number of nitrogens with one attached hydrogen (secondary N) is 2. The predicted molar refractivity (Wildman–Crippen MR) is 142 cm³/mol. The number of carboxylic acids is 1. The van der Waals surface area contributed by atoms with Crippen LogP contribution in [0.1, 0.15) is 18.1 Å². The molecule has 0 unspecified atom stereocenters. The van der Waals surface area contributed by atoms with Crippen molar-refractivity contribution in [3.05, 3.63) is 100.0 Å². The summed E-state index contributed by atoms with van der Waals surface area (Å²) in [6.45, 7) is 2.40. The molecular formula is C26H26BrN5O2S. The second-order valence-corrected chi connectivity index (χ2v) is 9.89. The highest BCUT2D eigenvalue weighted by atomic mass is 79.9. The van der Waals surface area contributed by atoms with Gasteiger partial charge in [0.1, 0.15) is 15.7 Å². The van der Waals surface area contributed by atoms with Gasteiger partial charge in [-0.3, -0.25) is 0 Å². The summed E-state index contributed by atoms with van der Waals surface area (Å²) in [4.78, 5) is 8.89. The first-order valence-corrected chi connectivity index (χ1v) is 12.5. The molecule has 0 aliphatic heterocycles. The van der Waals surface area contributed by atoms with E-state index in [1.165, 1.54) is 11.1 Å². The van der Waals surface area contributed by atoms with Gasteiger partial charge in [-0.05, 0) is 62.6 Å². The van der Waals surface area contributed by atoms with Crippen molar-refractivity contribution < 1.29 is 14.5 Å². The maximum Gasteiger partial charge on any atom is 0.409 e. The number of anilines is 2. The van der Waals surface area contributed by atoms with Gasteiger partial charge in [-0.1, -0.05) is 66.7 Å². The van der Waals surface area contributed by atoms with E-state index in [1.807, 2.05) is 54.2 Å². The van der Waals surface area contributed by atoms with Gasteiger partial charge in [0.2, 0.25) is 0 Å². The number of nitrogens with zero attached hydrogens (tertiary/aromatic N) is 3. The van der Waals surface area contributed by atoms with Crippen molar-refractivity contribution in [3.8, 4) is 0 Å². The number of hydrogen-bond acceptors (Lipinski definition) is 7. The lowest BCUT2D eigenvalue weighted by Gasteiger charge is -2.15. The standard InChI is InChI=1S/C24H22BrN5S.C2H4O2/c1-30-17-22(25)31-24(30)29-28-21-14-8-13-20(26-15-18-9-4-2-5-10-18)23(21)27-16-19-11-6-3-7-12-19;1-2(3)4/h2-14,17H,15-16H2,1H3,(H,26,28);1H3,(H,3,4). The van der Waals surface area contributed by atoms with Crippen LogP contribution in [0.5, 0.6) is 0 Å². The van der Waals surface area contributed by atoms with Crippen molar-refractivity contribution in [2.24, 2.45) is 17.3 Å². The van der Waals surface area contributed by atoms with Crippen molar-refractivity contribution >= 4 is 55.4 Å². The summed E-state index contributed by atoms with van der Waals surface area (Å²) in [5.74, 6) is -1.08. The lowest BCUT2D eigenvalue weighted by molar-refractivity contribution is -0.654. The Morgan fingerprint density at radius 3 is 2.03 bits per heavy atom. The number of aromatic nitrogens is 1. The highest BCUT2D eigenvalue weighted by Crippen LogP contribution is 2.35. The maximum absolute atomic E-state index is 8.89. The van der Waals surface area contributed by atoms with Crippen LogP contribution < -0.4 is 20.3 Å². The summed E-state index contributed by atoms with van der Waals surface area (Å²) in [5.41, 5.74) is 5.15. The van der Waals surface area contributed by atoms with Crippen LogP contribution in [0.25, 0.3) is 0 Å². The normalized spacial score (nSPS) is 10.5. The SMILES string of the molecule is CC(=O)[O-].C[n+]1cc(Br)sc1N=Nc1cccc(NCc2ccccc2)c1NCc1ccccc1. The first-order valence-electron chi connectivity index (χ1n) is 10.8. The third kappa shape index (κ3) is 8.62. The largest absolute Gasteiger partial charge is 0.550 e. The van der Waals surface area contributed by atoms with E-state index < -0.39 is 5.97 Å². The number of aryl methyl sites for hydroxylation is 1. The number of carbonyl (C=O) groups excluding carboxylic acids is 1. The van der Waals surface area contributed by atoms with Gasteiger partial charge in [0.05, 0.1) is 23.5 Å². The van der Waals surface area contributed by atoms with Crippen LogP contribution in [0.15, 0.2) is 99.1 Å². The Labute approximate surface area is 217 Å². The van der Waals surface area contributed by atoms with Crippen LogP contribution in [0.3, 0.4) is 0 Å². The number of benzene rings is 3. The third-order valence-corrected chi connectivity index (χ3v) is 6.25. The number of azo groups is 1. The number of carboxylic acid groups (broad SMARTS) is 1. The van der Waals surface area contributed by atoms with Crippen LogP contribution >= 0.6 is 27.3 Å². The molecule has 0 spiro atoms. The van der Waals surface area contributed by atoms with Gasteiger partial charge in [-0.25, -0.2) is 4.57 Å². The van der Waals surface area contributed by atoms with E-state index in [1.54, 1.807) is 11.3 Å². The Hall–Kier alpha value is -3.56. The van der Waals surface area contributed by atoms with Crippen molar-refractivity contribution in [2.45, 2.75) is 20.0 Å². The minimum absolute atomic E-state index is 0.700. The predicted octanol–water partition coefficient (Wildman–Crippen LogP) is 5.73. The Morgan fingerprint density at radius 1 is 0.914 bits per heavy atom. The van der Waals surface area contributed by atoms with E-state index in [-0.39, 0.29) is 0 Å². The van der Waals surface area contributed by atoms with Crippen molar-refractivity contribution in [3.63, 3.8) is 0 Å². The molecule has 0 fully saturated rings. The van der Waals surface area contributed by atoms with E-state index >= 15 is 0 Å². The van der Waals surface area contributed by atoms with Crippen LogP contribution in [0, 0.1) is 0 Å². The van der Waals surface area contributed by atoms with Crippen LogP contribution in [-0.2, 0) is 24.9 Å². The van der Waals surface area contributed by atoms with Gasteiger partial charge < -0.3 is 20.5 Å². The molecule has 3 aromatic carbocycles. The molecule has 7 nitrogen and oxygen atoms in total. The molecule has 0 amide bonds. The van der Waals surface area contributed by atoms with Crippen LogP contribution in [0.2, 0.25) is 0 Å². The molecule has 1 aromatic heterocycles. The zero-order valence-corrected chi connectivity index (χ0v) is 21.8. The zero-order valence-electron chi connectivity index (χ0n) is 19.4. The number of aliphatic carboxylic acids is 1. The molecule has 0 aliphatic carbocycles. The van der Waals surface area contributed by atoms with E-state index in [2.05, 4.69) is 79.3 Å². The summed E-state index contributed by atoms with van der Waals surface area (Å²) in [6.07, 6.45) is 1.98. The number of halogens is 1. The molecule has 180 valence electrons. The average Bonchev–Trinajstić information content (AvgIpc) is 3.18. The van der Waals surface area contributed by atoms with E-state index in [4.69, 9.17) is 9.90 Å². The molecule has 0 aliphatic rings. The molecule has 0 bridgehead atoms. The van der Waals surface area contributed by atoms with Gasteiger partial charge in [-0.2, -0.15) is 0 Å².